The summed E-state index contributed by atoms with van der Waals surface area (Å²) in [7, 11) is -4.06. The summed E-state index contributed by atoms with van der Waals surface area (Å²) in [6, 6.07) is 13.4. The maximum Gasteiger partial charge on any atom is 0.264 e. The average molecular weight is 498 g/mol. The van der Waals surface area contributed by atoms with Gasteiger partial charge in [0.2, 0.25) is 11.8 Å². The molecule has 1 saturated heterocycles. The van der Waals surface area contributed by atoms with Crippen molar-refractivity contribution in [3.05, 3.63) is 65.2 Å². The van der Waals surface area contributed by atoms with Crippen LogP contribution in [0.25, 0.3) is 11.3 Å². The van der Waals surface area contributed by atoms with Gasteiger partial charge < -0.3 is 15.0 Å². The summed E-state index contributed by atoms with van der Waals surface area (Å²) in [5, 5.41) is 3.31. The molecule has 35 heavy (non-hydrogen) atoms. The van der Waals surface area contributed by atoms with E-state index < -0.39 is 10.0 Å². The predicted molar refractivity (Wildman–Crippen MR) is 136 cm³/mol. The van der Waals surface area contributed by atoms with E-state index in [1.165, 1.54) is 12.1 Å². The molecule has 2 aliphatic rings. The van der Waals surface area contributed by atoms with Crippen molar-refractivity contribution in [3.63, 3.8) is 0 Å². The average Bonchev–Trinajstić information content (AvgIpc) is 3.26. The lowest BCUT2D eigenvalue weighted by atomic mass is 10.00. The Balaban J connectivity index is 0.00000190. The molecule has 3 heterocycles. The van der Waals surface area contributed by atoms with Crippen LogP contribution in [0, 0.1) is 13.8 Å². The van der Waals surface area contributed by atoms with Crippen LogP contribution in [-0.2, 0) is 10.0 Å². The molecule has 0 saturated carbocycles. The molecule has 1 fully saturated rings. The molecule has 0 radical (unpaired) electrons. The third kappa shape index (κ3) is 4.35. The van der Waals surface area contributed by atoms with Gasteiger partial charge in [0.25, 0.3) is 15.9 Å². The zero-order chi connectivity index (χ0) is 24.7. The SMILES string of the molecule is CCN1C(=O)c2cccc(c2)S(=O)(=O)Nc2nc(cc(-c3c(C)cccc3C)n2)O[C@@H]2CNC[C@H]21.[HH].[HH]. The van der Waals surface area contributed by atoms with Gasteiger partial charge in [-0.25, -0.2) is 18.1 Å². The molecule has 5 rings (SSSR count). The van der Waals surface area contributed by atoms with E-state index in [-0.39, 0.29) is 37.6 Å². The van der Waals surface area contributed by atoms with Gasteiger partial charge in [0, 0.05) is 39.7 Å². The highest BCUT2D eigenvalue weighted by Gasteiger charge is 2.37. The van der Waals surface area contributed by atoms with E-state index >= 15 is 0 Å². The monoisotopic (exact) mass is 497 g/mol. The normalized spacial score (nSPS) is 21.1. The van der Waals surface area contributed by atoms with Crippen molar-refractivity contribution in [1.29, 1.82) is 0 Å². The second kappa shape index (κ2) is 8.94. The summed E-state index contributed by atoms with van der Waals surface area (Å²) in [5.74, 6) is -0.102. The fraction of sp³-hybridized carbons (Fsp3) is 0.320. The number of hydrogen-bond donors (Lipinski definition) is 2. The maximum absolute atomic E-state index is 13.4. The first-order chi connectivity index (χ1) is 16.8. The number of nitrogens with one attached hydrogen (secondary N) is 2. The van der Waals surface area contributed by atoms with E-state index in [1.807, 2.05) is 39.0 Å². The molecule has 1 amide bonds. The Kier molecular flexibility index (Phi) is 5.94. The van der Waals surface area contributed by atoms with Crippen LogP contribution in [0.1, 0.15) is 31.3 Å². The van der Waals surface area contributed by atoms with Crippen LogP contribution in [0.15, 0.2) is 53.4 Å². The summed E-state index contributed by atoms with van der Waals surface area (Å²) in [4.78, 5) is 24.0. The molecule has 9 nitrogen and oxygen atoms in total. The van der Waals surface area contributed by atoms with Gasteiger partial charge in [-0.15, -0.1) is 0 Å². The van der Waals surface area contributed by atoms with E-state index in [0.717, 1.165) is 16.7 Å². The molecule has 4 bridgehead atoms. The first-order valence-corrected chi connectivity index (χ1v) is 13.0. The molecule has 0 aliphatic carbocycles. The minimum absolute atomic E-state index is 0. The number of aryl methyl sites for hydroxylation is 2. The molecule has 2 aliphatic heterocycles. The number of carbonyl (C=O) groups excluding carboxylic acids is 1. The van der Waals surface area contributed by atoms with E-state index in [0.29, 0.717) is 30.9 Å². The van der Waals surface area contributed by atoms with Gasteiger partial charge in [0.05, 0.1) is 16.6 Å². The van der Waals surface area contributed by atoms with Crippen molar-refractivity contribution in [3.8, 4) is 17.1 Å². The number of anilines is 1. The largest absolute Gasteiger partial charge is 0.471 e. The molecule has 2 aromatic carbocycles. The second-order valence-corrected chi connectivity index (χ2v) is 10.5. The van der Waals surface area contributed by atoms with Crippen LogP contribution >= 0.6 is 0 Å². The first kappa shape index (κ1) is 23.3. The third-order valence-corrected chi connectivity index (χ3v) is 7.78. The summed E-state index contributed by atoms with van der Waals surface area (Å²) in [6.45, 7) is 7.38. The number of benzene rings is 2. The number of aromatic nitrogens is 2. The smallest absolute Gasteiger partial charge is 0.264 e. The maximum atomic E-state index is 13.4. The number of fused-ring (bicyclic) bond motifs is 5. The van der Waals surface area contributed by atoms with Crippen molar-refractivity contribution >= 4 is 21.9 Å². The standard InChI is InChI=1S/C25H27N5O4S.2H2/c1-4-30-20-13-26-14-21(20)34-22-12-19(23-15(2)7-5-8-16(23)3)27-25(28-22)29-35(32,33)18-10-6-9-17(11-18)24(30)31;;/h5-12,20-21,26H,4,13-14H2,1-3H3,(H,27,28,29);2*1H/t20-,21-;;/m1../s1. The topological polar surface area (TPSA) is 114 Å². The number of amides is 1. The molecule has 10 heteroatoms. The van der Waals surface area contributed by atoms with Crippen LogP contribution < -0.4 is 14.8 Å². The van der Waals surface area contributed by atoms with Crippen molar-refractivity contribution in [2.75, 3.05) is 24.4 Å². The Bertz CT molecular complexity index is 1400. The van der Waals surface area contributed by atoms with Crippen LogP contribution in [0.5, 0.6) is 5.88 Å². The summed E-state index contributed by atoms with van der Waals surface area (Å²) < 4.78 is 35.3. The van der Waals surface area contributed by atoms with Crippen LogP contribution in [-0.4, -0.2) is 61.0 Å². The highest BCUT2D eigenvalue weighted by Crippen LogP contribution is 2.31. The van der Waals surface area contributed by atoms with Crippen molar-refractivity contribution in [2.24, 2.45) is 0 Å². The van der Waals surface area contributed by atoms with Gasteiger partial charge in [-0.3, -0.25) is 4.79 Å². The lowest BCUT2D eigenvalue weighted by molar-refractivity contribution is 0.0559. The molecule has 186 valence electrons. The highest BCUT2D eigenvalue weighted by molar-refractivity contribution is 7.92. The van der Waals surface area contributed by atoms with Crippen molar-refractivity contribution in [2.45, 2.75) is 37.8 Å². The van der Waals surface area contributed by atoms with Crippen LogP contribution in [0.4, 0.5) is 5.95 Å². The quantitative estimate of drug-likeness (QED) is 0.559. The number of rotatable bonds is 2. The van der Waals surface area contributed by atoms with Gasteiger partial charge in [-0.2, -0.15) is 4.98 Å². The molecule has 3 aromatic rings. The Morgan fingerprint density at radius 2 is 1.83 bits per heavy atom. The van der Waals surface area contributed by atoms with Crippen LogP contribution in [0.2, 0.25) is 0 Å². The highest BCUT2D eigenvalue weighted by atomic mass is 32.2. The fourth-order valence-electron chi connectivity index (χ4n) is 4.77. The Morgan fingerprint density at radius 1 is 1.09 bits per heavy atom. The lowest BCUT2D eigenvalue weighted by Gasteiger charge is -2.31. The van der Waals surface area contributed by atoms with Gasteiger partial charge in [-0.1, -0.05) is 24.3 Å². The summed E-state index contributed by atoms with van der Waals surface area (Å²) in [6.07, 6.45) is -0.368. The number of carbonyl (C=O) groups is 1. The number of likely N-dealkylation sites (N-methyl/N-ethyl adjacent to an activating group) is 1. The van der Waals surface area contributed by atoms with Gasteiger partial charge in [-0.05, 0) is 50.1 Å². The zero-order valence-corrected chi connectivity index (χ0v) is 20.6. The van der Waals surface area contributed by atoms with Gasteiger partial charge in [0.1, 0.15) is 6.10 Å². The van der Waals surface area contributed by atoms with E-state index in [4.69, 9.17) is 4.74 Å². The number of ether oxygens (including phenoxy) is 1. The molecular weight excluding hydrogens is 466 g/mol. The Hall–Kier alpha value is -3.50. The molecule has 2 atom stereocenters. The van der Waals surface area contributed by atoms with E-state index in [9.17, 15) is 13.2 Å². The van der Waals surface area contributed by atoms with Crippen molar-refractivity contribution in [1.82, 2.24) is 20.2 Å². The van der Waals surface area contributed by atoms with Gasteiger partial charge >= 0.3 is 0 Å². The molecule has 0 unspecified atom stereocenters. The Labute approximate surface area is 207 Å². The Morgan fingerprint density at radius 3 is 2.57 bits per heavy atom. The van der Waals surface area contributed by atoms with E-state index in [1.54, 1.807) is 23.1 Å². The minimum Gasteiger partial charge on any atom is -0.471 e. The predicted octanol–water partition coefficient (Wildman–Crippen LogP) is 3.25. The molecule has 2 N–H and O–H groups in total. The summed E-state index contributed by atoms with van der Waals surface area (Å²) in [5.41, 5.74) is 3.73. The van der Waals surface area contributed by atoms with Gasteiger partial charge in [0.15, 0.2) is 0 Å². The van der Waals surface area contributed by atoms with Crippen LogP contribution in [0.3, 0.4) is 0 Å². The molecular formula is C25H31N5O4S. The number of nitrogens with zero attached hydrogens (tertiary/aromatic N) is 3. The number of hydrogen-bond acceptors (Lipinski definition) is 7. The molecule has 1 aromatic heterocycles. The lowest BCUT2D eigenvalue weighted by Crippen LogP contribution is -2.48. The van der Waals surface area contributed by atoms with E-state index in [2.05, 4.69) is 20.0 Å². The van der Waals surface area contributed by atoms with Crippen molar-refractivity contribution < 1.29 is 20.8 Å². The summed E-state index contributed by atoms with van der Waals surface area (Å²) >= 11 is 0. The number of sulfonamides is 1. The molecule has 0 spiro atoms. The third-order valence-electron chi connectivity index (χ3n) is 6.46. The second-order valence-electron chi connectivity index (χ2n) is 8.79. The zero-order valence-electron chi connectivity index (χ0n) is 19.8. The fourth-order valence-corrected chi connectivity index (χ4v) is 5.76. The first-order valence-electron chi connectivity index (χ1n) is 11.5. The minimum atomic E-state index is -4.06.